The van der Waals surface area contributed by atoms with Crippen molar-refractivity contribution in [1.82, 2.24) is 10.2 Å². The summed E-state index contributed by atoms with van der Waals surface area (Å²) < 4.78 is 5.56. The van der Waals surface area contributed by atoms with Crippen molar-refractivity contribution in [2.45, 2.75) is 26.4 Å². The van der Waals surface area contributed by atoms with Crippen LogP contribution < -0.4 is 5.32 Å². The van der Waals surface area contributed by atoms with E-state index in [4.69, 9.17) is 4.74 Å². The predicted octanol–water partition coefficient (Wildman–Crippen LogP) is 2.24. The average molecular weight is 282 g/mol. The van der Waals surface area contributed by atoms with Gasteiger partial charge in [0.1, 0.15) is 6.17 Å². The van der Waals surface area contributed by atoms with E-state index in [1.54, 1.807) is 11.3 Å². The zero-order valence-corrected chi connectivity index (χ0v) is 12.4. The maximum atomic E-state index is 11.9. The van der Waals surface area contributed by atoms with Crippen LogP contribution in [0.25, 0.3) is 0 Å². The quantitative estimate of drug-likeness (QED) is 0.780. The highest BCUT2D eigenvalue weighted by Crippen LogP contribution is 2.26. The van der Waals surface area contributed by atoms with Crippen molar-refractivity contribution in [2.24, 2.45) is 5.92 Å². The zero-order valence-electron chi connectivity index (χ0n) is 11.6. The molecule has 0 bridgehead atoms. The number of thiophene rings is 1. The molecular weight excluding hydrogens is 260 g/mol. The lowest BCUT2D eigenvalue weighted by Gasteiger charge is -2.23. The Bertz CT molecular complexity index is 392. The van der Waals surface area contributed by atoms with E-state index >= 15 is 0 Å². The topological polar surface area (TPSA) is 41.6 Å². The van der Waals surface area contributed by atoms with E-state index in [1.807, 2.05) is 16.3 Å². The molecule has 0 aromatic carbocycles. The fourth-order valence-corrected chi connectivity index (χ4v) is 2.96. The second kappa shape index (κ2) is 7.03. The van der Waals surface area contributed by atoms with Crippen LogP contribution in [-0.2, 0) is 9.53 Å². The van der Waals surface area contributed by atoms with Crippen molar-refractivity contribution in [3.63, 3.8) is 0 Å². The van der Waals surface area contributed by atoms with Crippen molar-refractivity contribution < 1.29 is 9.53 Å². The van der Waals surface area contributed by atoms with Crippen LogP contribution in [0.5, 0.6) is 0 Å². The van der Waals surface area contributed by atoms with Gasteiger partial charge in [0.2, 0.25) is 5.91 Å². The summed E-state index contributed by atoms with van der Waals surface area (Å²) in [5.41, 5.74) is 0. The summed E-state index contributed by atoms with van der Waals surface area (Å²) in [6.07, 6.45) is 0.944. The molecule has 0 radical (unpaired) electrons. The fraction of sp³-hybridized carbons (Fsp3) is 0.643. The SMILES string of the molecule is CC(C)COCCCN1C(=O)CNC1c1cccs1. The number of carbonyl (C=O) groups excluding carboxylic acids is 1. The van der Waals surface area contributed by atoms with Gasteiger partial charge in [-0.25, -0.2) is 0 Å². The van der Waals surface area contributed by atoms with Gasteiger partial charge >= 0.3 is 0 Å². The smallest absolute Gasteiger partial charge is 0.238 e. The minimum absolute atomic E-state index is 0.0533. The molecule has 19 heavy (non-hydrogen) atoms. The molecule has 2 heterocycles. The standard InChI is InChI=1S/C14H22N2O2S/c1-11(2)10-18-7-4-6-16-13(17)9-15-14(16)12-5-3-8-19-12/h3,5,8,11,14-15H,4,6-7,9-10H2,1-2H3. The maximum Gasteiger partial charge on any atom is 0.238 e. The van der Waals surface area contributed by atoms with E-state index < -0.39 is 0 Å². The van der Waals surface area contributed by atoms with E-state index in [2.05, 4.69) is 25.2 Å². The van der Waals surface area contributed by atoms with Crippen LogP contribution in [0.3, 0.4) is 0 Å². The highest BCUT2D eigenvalue weighted by Gasteiger charge is 2.31. The number of carbonyl (C=O) groups is 1. The lowest BCUT2D eigenvalue weighted by atomic mass is 10.2. The van der Waals surface area contributed by atoms with Gasteiger partial charge in [0.25, 0.3) is 0 Å². The van der Waals surface area contributed by atoms with E-state index in [1.165, 1.54) is 4.88 Å². The summed E-state index contributed by atoms with van der Waals surface area (Å²) >= 11 is 1.69. The molecule has 1 aromatic rings. The maximum absolute atomic E-state index is 11.9. The van der Waals surface area contributed by atoms with Gasteiger partial charge in [-0.2, -0.15) is 0 Å². The molecule has 0 spiro atoms. The lowest BCUT2D eigenvalue weighted by molar-refractivity contribution is -0.128. The molecule has 1 amide bonds. The van der Waals surface area contributed by atoms with E-state index in [9.17, 15) is 4.79 Å². The summed E-state index contributed by atoms with van der Waals surface area (Å²) in [4.78, 5) is 15.0. The second-order valence-electron chi connectivity index (χ2n) is 5.21. The summed E-state index contributed by atoms with van der Waals surface area (Å²) in [5, 5.41) is 5.31. The van der Waals surface area contributed by atoms with Crippen molar-refractivity contribution in [3.8, 4) is 0 Å². The third kappa shape index (κ3) is 4.03. The lowest BCUT2D eigenvalue weighted by Crippen LogP contribution is -2.31. The molecule has 0 aliphatic carbocycles. The number of rotatable bonds is 7. The van der Waals surface area contributed by atoms with Crippen LogP contribution in [-0.4, -0.2) is 37.1 Å². The molecule has 1 aromatic heterocycles. The Hall–Kier alpha value is -0.910. The van der Waals surface area contributed by atoms with Crippen molar-refractivity contribution in [1.29, 1.82) is 0 Å². The normalized spacial score (nSPS) is 19.6. The summed E-state index contributed by atoms with van der Waals surface area (Å²) in [6.45, 7) is 6.99. The first-order chi connectivity index (χ1) is 9.18. The minimum Gasteiger partial charge on any atom is -0.381 e. The Morgan fingerprint density at radius 1 is 1.58 bits per heavy atom. The minimum atomic E-state index is 0.0533. The molecule has 1 atom stereocenters. The van der Waals surface area contributed by atoms with Gasteiger partial charge in [0.05, 0.1) is 6.54 Å². The van der Waals surface area contributed by atoms with E-state index in [-0.39, 0.29) is 12.1 Å². The molecule has 1 aliphatic heterocycles. The second-order valence-corrected chi connectivity index (χ2v) is 6.19. The average Bonchev–Trinajstić information content (AvgIpc) is 2.98. The number of amides is 1. The number of nitrogens with zero attached hydrogens (tertiary/aromatic N) is 1. The monoisotopic (exact) mass is 282 g/mol. The van der Waals surface area contributed by atoms with Crippen molar-refractivity contribution in [3.05, 3.63) is 22.4 Å². The zero-order chi connectivity index (χ0) is 13.7. The van der Waals surface area contributed by atoms with E-state index in [0.717, 1.165) is 26.2 Å². The molecule has 0 saturated carbocycles. The Kier molecular flexibility index (Phi) is 5.36. The fourth-order valence-electron chi connectivity index (χ4n) is 2.15. The molecule has 2 rings (SSSR count). The first kappa shape index (κ1) is 14.5. The number of nitrogens with one attached hydrogen (secondary N) is 1. The molecule has 1 saturated heterocycles. The molecular formula is C14H22N2O2S. The highest BCUT2D eigenvalue weighted by atomic mass is 32.1. The molecule has 1 unspecified atom stereocenters. The van der Waals surface area contributed by atoms with Gasteiger partial charge < -0.3 is 9.64 Å². The molecule has 4 nitrogen and oxygen atoms in total. The van der Waals surface area contributed by atoms with Gasteiger partial charge in [-0.15, -0.1) is 11.3 Å². The molecule has 1 N–H and O–H groups in total. The first-order valence-electron chi connectivity index (χ1n) is 6.82. The van der Waals surface area contributed by atoms with E-state index in [0.29, 0.717) is 12.5 Å². The van der Waals surface area contributed by atoms with Gasteiger partial charge in [0, 0.05) is 24.6 Å². The van der Waals surface area contributed by atoms with Crippen LogP contribution in [0.1, 0.15) is 31.3 Å². The Morgan fingerprint density at radius 3 is 3.11 bits per heavy atom. The van der Waals surface area contributed by atoms with Crippen molar-refractivity contribution >= 4 is 17.2 Å². The number of hydrogen-bond donors (Lipinski definition) is 1. The molecule has 1 fully saturated rings. The van der Waals surface area contributed by atoms with Crippen molar-refractivity contribution in [2.75, 3.05) is 26.3 Å². The number of hydrogen-bond acceptors (Lipinski definition) is 4. The van der Waals surface area contributed by atoms with Gasteiger partial charge in [-0.05, 0) is 23.8 Å². The highest BCUT2D eigenvalue weighted by molar-refractivity contribution is 7.10. The number of ether oxygens (including phenoxy) is 1. The van der Waals surface area contributed by atoms with Crippen LogP contribution >= 0.6 is 11.3 Å². The summed E-state index contributed by atoms with van der Waals surface area (Å²) in [6, 6.07) is 4.09. The Morgan fingerprint density at radius 2 is 2.42 bits per heavy atom. The first-order valence-corrected chi connectivity index (χ1v) is 7.70. The van der Waals surface area contributed by atoms with Gasteiger partial charge in [0.15, 0.2) is 0 Å². The largest absolute Gasteiger partial charge is 0.381 e. The van der Waals surface area contributed by atoms with Crippen LogP contribution in [0.15, 0.2) is 17.5 Å². The van der Waals surface area contributed by atoms with Crippen LogP contribution in [0.2, 0.25) is 0 Å². The molecule has 5 heteroatoms. The third-order valence-corrected chi connectivity index (χ3v) is 3.95. The van der Waals surface area contributed by atoms with Crippen LogP contribution in [0.4, 0.5) is 0 Å². The molecule has 1 aliphatic rings. The summed E-state index contributed by atoms with van der Waals surface area (Å²) in [7, 11) is 0. The van der Waals surface area contributed by atoms with Crippen LogP contribution in [0, 0.1) is 5.92 Å². The Balaban J connectivity index is 1.78. The van der Waals surface area contributed by atoms with Gasteiger partial charge in [-0.3, -0.25) is 10.1 Å². The van der Waals surface area contributed by atoms with Gasteiger partial charge in [-0.1, -0.05) is 19.9 Å². The summed E-state index contributed by atoms with van der Waals surface area (Å²) in [5.74, 6) is 0.746. The molecule has 106 valence electrons. The Labute approximate surface area is 118 Å². The predicted molar refractivity (Wildman–Crippen MR) is 77.0 cm³/mol. The third-order valence-electron chi connectivity index (χ3n) is 3.03.